The van der Waals surface area contributed by atoms with Gasteiger partial charge in [0.15, 0.2) is 0 Å². The van der Waals surface area contributed by atoms with Gasteiger partial charge in [-0.05, 0) is 31.2 Å². The van der Waals surface area contributed by atoms with Gasteiger partial charge < -0.3 is 5.32 Å². The molecule has 17 heavy (non-hydrogen) atoms. The van der Waals surface area contributed by atoms with Gasteiger partial charge in [0.2, 0.25) is 0 Å². The molecule has 0 saturated heterocycles. The SMILES string of the molecule is CC(C)CC1=CCC(C)(c2ccccc2)NC1. The summed E-state index contributed by atoms with van der Waals surface area (Å²) in [4.78, 5) is 0. The predicted octanol–water partition coefficient (Wildman–Crippen LogP) is 3.87. The third-order valence-electron chi connectivity index (χ3n) is 3.59. The monoisotopic (exact) mass is 229 g/mol. The number of hydrogen-bond donors (Lipinski definition) is 1. The van der Waals surface area contributed by atoms with Crippen molar-refractivity contribution < 1.29 is 0 Å². The summed E-state index contributed by atoms with van der Waals surface area (Å²) in [5.74, 6) is 0.754. The van der Waals surface area contributed by atoms with Gasteiger partial charge in [0.25, 0.3) is 0 Å². The van der Waals surface area contributed by atoms with Crippen LogP contribution in [0.5, 0.6) is 0 Å². The molecule has 0 radical (unpaired) electrons. The van der Waals surface area contributed by atoms with E-state index < -0.39 is 0 Å². The molecule has 1 aromatic rings. The lowest BCUT2D eigenvalue weighted by molar-refractivity contribution is 0.361. The van der Waals surface area contributed by atoms with Crippen molar-refractivity contribution in [2.75, 3.05) is 6.54 Å². The Morgan fingerprint density at radius 2 is 1.94 bits per heavy atom. The first kappa shape index (κ1) is 12.4. The zero-order valence-electron chi connectivity index (χ0n) is 11.2. The summed E-state index contributed by atoms with van der Waals surface area (Å²) < 4.78 is 0. The van der Waals surface area contributed by atoms with E-state index in [0.29, 0.717) is 0 Å². The second-order valence-corrected chi connectivity index (χ2v) is 5.72. The highest BCUT2D eigenvalue weighted by molar-refractivity contribution is 5.27. The molecule has 1 aliphatic rings. The van der Waals surface area contributed by atoms with E-state index in [1.165, 1.54) is 12.0 Å². The van der Waals surface area contributed by atoms with Crippen LogP contribution < -0.4 is 5.32 Å². The van der Waals surface area contributed by atoms with E-state index >= 15 is 0 Å². The Kier molecular flexibility index (Phi) is 3.68. The summed E-state index contributed by atoms with van der Waals surface area (Å²) in [5.41, 5.74) is 3.06. The largest absolute Gasteiger partial charge is 0.304 e. The van der Waals surface area contributed by atoms with Crippen LogP contribution in [-0.2, 0) is 5.54 Å². The summed E-state index contributed by atoms with van der Waals surface area (Å²) in [6.45, 7) is 7.90. The Balaban J connectivity index is 2.09. The first-order valence-electron chi connectivity index (χ1n) is 6.58. The Hall–Kier alpha value is -1.08. The third-order valence-corrected chi connectivity index (χ3v) is 3.59. The molecule has 0 aliphatic carbocycles. The van der Waals surface area contributed by atoms with Crippen LogP contribution in [0, 0.1) is 5.92 Å². The molecule has 0 bridgehead atoms. The van der Waals surface area contributed by atoms with Gasteiger partial charge in [-0.15, -0.1) is 0 Å². The Bertz CT molecular complexity index is 391. The van der Waals surface area contributed by atoms with Crippen molar-refractivity contribution in [3.63, 3.8) is 0 Å². The Morgan fingerprint density at radius 1 is 1.24 bits per heavy atom. The van der Waals surface area contributed by atoms with Gasteiger partial charge >= 0.3 is 0 Å². The molecule has 1 heterocycles. The Labute approximate surface area is 105 Å². The fourth-order valence-corrected chi connectivity index (χ4v) is 2.51. The second kappa shape index (κ2) is 5.05. The fourth-order valence-electron chi connectivity index (χ4n) is 2.51. The lowest BCUT2D eigenvalue weighted by Gasteiger charge is -2.35. The van der Waals surface area contributed by atoms with Crippen molar-refractivity contribution in [2.24, 2.45) is 5.92 Å². The molecule has 0 saturated carbocycles. The number of hydrogen-bond acceptors (Lipinski definition) is 1. The fraction of sp³-hybridized carbons (Fsp3) is 0.500. The van der Waals surface area contributed by atoms with Gasteiger partial charge in [-0.2, -0.15) is 0 Å². The molecule has 1 atom stereocenters. The molecule has 2 rings (SSSR count). The average molecular weight is 229 g/mol. The highest BCUT2D eigenvalue weighted by Crippen LogP contribution is 2.29. The van der Waals surface area contributed by atoms with Crippen LogP contribution in [0.4, 0.5) is 0 Å². The van der Waals surface area contributed by atoms with E-state index in [2.05, 4.69) is 62.5 Å². The van der Waals surface area contributed by atoms with Gasteiger partial charge in [0.05, 0.1) is 0 Å². The maximum atomic E-state index is 3.70. The maximum Gasteiger partial charge on any atom is 0.0443 e. The predicted molar refractivity (Wildman–Crippen MR) is 74.0 cm³/mol. The Morgan fingerprint density at radius 3 is 2.47 bits per heavy atom. The average Bonchev–Trinajstić information content (AvgIpc) is 2.33. The summed E-state index contributed by atoms with van der Waals surface area (Å²) >= 11 is 0. The highest BCUT2D eigenvalue weighted by Gasteiger charge is 2.27. The molecule has 0 fully saturated rings. The van der Waals surface area contributed by atoms with Gasteiger partial charge in [0, 0.05) is 12.1 Å². The van der Waals surface area contributed by atoms with Gasteiger partial charge in [-0.25, -0.2) is 0 Å². The molecule has 92 valence electrons. The molecule has 0 spiro atoms. The van der Waals surface area contributed by atoms with Crippen LogP contribution in [0.15, 0.2) is 42.0 Å². The molecule has 1 N–H and O–H groups in total. The quantitative estimate of drug-likeness (QED) is 0.776. The van der Waals surface area contributed by atoms with Crippen LogP contribution in [0.2, 0.25) is 0 Å². The number of benzene rings is 1. The van der Waals surface area contributed by atoms with Crippen molar-refractivity contribution in [3.05, 3.63) is 47.5 Å². The second-order valence-electron chi connectivity index (χ2n) is 5.72. The minimum absolute atomic E-state index is 0.113. The van der Waals surface area contributed by atoms with E-state index in [0.717, 1.165) is 18.9 Å². The van der Waals surface area contributed by atoms with E-state index in [9.17, 15) is 0 Å². The minimum Gasteiger partial charge on any atom is -0.304 e. The van der Waals surface area contributed by atoms with Crippen LogP contribution >= 0.6 is 0 Å². The van der Waals surface area contributed by atoms with Crippen molar-refractivity contribution in [1.82, 2.24) is 5.32 Å². The van der Waals surface area contributed by atoms with Crippen molar-refractivity contribution >= 4 is 0 Å². The van der Waals surface area contributed by atoms with Crippen molar-refractivity contribution in [1.29, 1.82) is 0 Å². The molecular formula is C16H23N. The zero-order valence-corrected chi connectivity index (χ0v) is 11.2. The van der Waals surface area contributed by atoms with E-state index in [4.69, 9.17) is 0 Å². The van der Waals surface area contributed by atoms with Crippen LogP contribution in [0.25, 0.3) is 0 Å². The summed E-state index contributed by atoms with van der Waals surface area (Å²) in [6, 6.07) is 10.8. The van der Waals surface area contributed by atoms with E-state index in [1.807, 2.05) is 0 Å². The molecule has 1 aliphatic heterocycles. The third kappa shape index (κ3) is 2.98. The van der Waals surface area contributed by atoms with Gasteiger partial charge in [0.1, 0.15) is 0 Å². The van der Waals surface area contributed by atoms with E-state index in [-0.39, 0.29) is 5.54 Å². The lowest BCUT2D eigenvalue weighted by atomic mass is 9.84. The van der Waals surface area contributed by atoms with Crippen molar-refractivity contribution in [3.8, 4) is 0 Å². The topological polar surface area (TPSA) is 12.0 Å². The van der Waals surface area contributed by atoms with Gasteiger partial charge in [-0.1, -0.05) is 55.8 Å². The molecule has 1 aromatic carbocycles. The smallest absolute Gasteiger partial charge is 0.0443 e. The molecule has 1 nitrogen and oxygen atoms in total. The molecule has 0 amide bonds. The molecule has 0 aromatic heterocycles. The van der Waals surface area contributed by atoms with Gasteiger partial charge in [-0.3, -0.25) is 0 Å². The van der Waals surface area contributed by atoms with E-state index in [1.54, 1.807) is 5.57 Å². The molecular weight excluding hydrogens is 206 g/mol. The first-order valence-corrected chi connectivity index (χ1v) is 6.58. The molecule has 1 unspecified atom stereocenters. The summed E-state index contributed by atoms with van der Waals surface area (Å²) in [7, 11) is 0. The standard InChI is InChI=1S/C16H23N/c1-13(2)11-14-9-10-16(3,17-12-14)15-7-5-4-6-8-15/h4-9,13,17H,10-12H2,1-3H3. The minimum atomic E-state index is 0.113. The number of nitrogens with one attached hydrogen (secondary N) is 1. The van der Waals surface area contributed by atoms with Crippen LogP contribution in [0.3, 0.4) is 0 Å². The number of rotatable bonds is 3. The normalized spacial score (nSPS) is 24.8. The molecule has 1 heteroatoms. The summed E-state index contributed by atoms with van der Waals surface area (Å²) in [6.07, 6.45) is 4.75. The first-order chi connectivity index (χ1) is 8.10. The van der Waals surface area contributed by atoms with Crippen LogP contribution in [0.1, 0.15) is 39.2 Å². The zero-order chi connectivity index (χ0) is 12.3. The summed E-state index contributed by atoms with van der Waals surface area (Å²) in [5, 5.41) is 3.70. The van der Waals surface area contributed by atoms with Crippen LogP contribution in [-0.4, -0.2) is 6.54 Å². The maximum absolute atomic E-state index is 3.70. The highest BCUT2D eigenvalue weighted by atomic mass is 15.0. The lowest BCUT2D eigenvalue weighted by Crippen LogP contribution is -2.43. The van der Waals surface area contributed by atoms with Crippen molar-refractivity contribution in [2.45, 2.75) is 39.2 Å².